The number of carbonyl (C=O) groups is 1. The highest BCUT2D eigenvalue weighted by Gasteiger charge is 2.26. The molecule has 5 aromatic rings. The van der Waals surface area contributed by atoms with Gasteiger partial charge in [0.1, 0.15) is 17.7 Å². The van der Waals surface area contributed by atoms with Crippen LogP contribution in [-0.2, 0) is 24.8 Å². The molecule has 3 heterocycles. The zero-order valence-corrected chi connectivity index (χ0v) is 22.8. The Kier molecular flexibility index (Phi) is 7.62. The zero-order chi connectivity index (χ0) is 30.0. The van der Waals surface area contributed by atoms with Crippen LogP contribution in [0.3, 0.4) is 0 Å². The number of nitrogens with one attached hydrogen (secondary N) is 1. The molecule has 0 radical (unpaired) electrons. The number of nitrogens with zero attached hydrogens (tertiary/aromatic N) is 5. The number of hydrogen-bond donors (Lipinski definition) is 2. The molecule has 0 aliphatic heterocycles. The number of nitrogen functional groups attached to an aromatic ring is 1. The van der Waals surface area contributed by atoms with Gasteiger partial charge in [0.2, 0.25) is 5.91 Å². The summed E-state index contributed by atoms with van der Waals surface area (Å²) in [6.45, 7) is 5.43. The van der Waals surface area contributed by atoms with Gasteiger partial charge in [0.25, 0.3) is 0 Å². The first-order valence-corrected chi connectivity index (χ1v) is 12.9. The summed E-state index contributed by atoms with van der Waals surface area (Å²) in [5.41, 5.74) is 9.47. The molecule has 0 fully saturated rings. The van der Waals surface area contributed by atoms with Crippen molar-refractivity contribution in [3.8, 4) is 40.2 Å². The van der Waals surface area contributed by atoms with Crippen LogP contribution in [0, 0.1) is 23.0 Å². The molecule has 0 aliphatic carbocycles. The van der Waals surface area contributed by atoms with E-state index in [1.807, 2.05) is 6.92 Å². The number of aryl methyl sites for hydroxylation is 2. The number of aromatic nitrogens is 4. The van der Waals surface area contributed by atoms with Crippen LogP contribution in [-0.4, -0.2) is 25.4 Å². The molecule has 0 aliphatic rings. The van der Waals surface area contributed by atoms with Gasteiger partial charge >= 0.3 is 6.01 Å². The molecule has 0 unspecified atom stereocenters. The van der Waals surface area contributed by atoms with Crippen molar-refractivity contribution in [2.24, 2.45) is 7.05 Å². The van der Waals surface area contributed by atoms with Crippen molar-refractivity contribution in [3.63, 3.8) is 0 Å². The minimum absolute atomic E-state index is 0.00500. The first-order valence-electron chi connectivity index (χ1n) is 12.9. The van der Waals surface area contributed by atoms with Gasteiger partial charge in [0, 0.05) is 42.8 Å². The maximum absolute atomic E-state index is 15.7. The molecule has 0 saturated heterocycles. The summed E-state index contributed by atoms with van der Waals surface area (Å²) in [5, 5.41) is 12.8. The van der Waals surface area contributed by atoms with Crippen molar-refractivity contribution < 1.29 is 18.3 Å². The molecule has 2 aromatic carbocycles. The number of rotatable bonds is 8. The number of nitriles is 1. The van der Waals surface area contributed by atoms with Crippen molar-refractivity contribution in [1.82, 2.24) is 24.8 Å². The number of benzene rings is 2. The molecule has 0 atom stereocenters. The Morgan fingerprint density at radius 2 is 2.00 bits per heavy atom. The summed E-state index contributed by atoms with van der Waals surface area (Å²) in [5.74, 6) is -1.70. The molecular formula is C31H25F2N7O2. The quantitative estimate of drug-likeness (QED) is 0.235. The lowest BCUT2D eigenvalue weighted by molar-refractivity contribution is -0.116. The van der Waals surface area contributed by atoms with E-state index in [4.69, 9.17) is 10.5 Å². The molecule has 42 heavy (non-hydrogen) atoms. The highest BCUT2D eigenvalue weighted by Crippen LogP contribution is 2.44. The van der Waals surface area contributed by atoms with Crippen LogP contribution in [0.4, 0.5) is 14.6 Å². The Morgan fingerprint density at radius 3 is 2.69 bits per heavy atom. The van der Waals surface area contributed by atoms with Gasteiger partial charge < -0.3 is 20.4 Å². The third-order valence-corrected chi connectivity index (χ3v) is 6.77. The molecule has 210 valence electrons. The third kappa shape index (κ3) is 5.13. The standard InChI is InChI=1S/C31H25F2N7O2/c1-4-20-10-11-36-31(39-20)42-24-9-7-18(13-23(24)33)26-27-28(19(14-34)16-38-30(27)35)40(3)29(26)21-8-6-17(12-22(21)32)15-37-25(41)5-2/h5-13,16H,2,4,15H2,1,3H3,(H2,35,38)(H,37,41). The minimum atomic E-state index is -0.710. The average Bonchev–Trinajstić information content (AvgIpc) is 3.30. The normalized spacial score (nSPS) is 10.8. The Balaban J connectivity index is 1.67. The summed E-state index contributed by atoms with van der Waals surface area (Å²) >= 11 is 0. The van der Waals surface area contributed by atoms with E-state index in [-0.39, 0.29) is 41.2 Å². The molecule has 11 heteroatoms. The average molecular weight is 566 g/mol. The number of hydrogen-bond acceptors (Lipinski definition) is 7. The fraction of sp³-hybridized carbons (Fsp3) is 0.129. The van der Waals surface area contributed by atoms with Crippen LogP contribution >= 0.6 is 0 Å². The topological polar surface area (TPSA) is 132 Å². The highest BCUT2D eigenvalue weighted by molar-refractivity contribution is 6.10. The van der Waals surface area contributed by atoms with E-state index in [9.17, 15) is 10.1 Å². The Bertz CT molecular complexity index is 1910. The molecule has 9 nitrogen and oxygen atoms in total. The number of amides is 1. The van der Waals surface area contributed by atoms with E-state index in [0.29, 0.717) is 39.7 Å². The van der Waals surface area contributed by atoms with E-state index in [1.54, 1.807) is 35.9 Å². The molecule has 1 amide bonds. The van der Waals surface area contributed by atoms with Gasteiger partial charge in [-0.2, -0.15) is 10.2 Å². The second-order valence-corrected chi connectivity index (χ2v) is 9.34. The van der Waals surface area contributed by atoms with Gasteiger partial charge in [-0.15, -0.1) is 0 Å². The fourth-order valence-corrected chi connectivity index (χ4v) is 4.77. The van der Waals surface area contributed by atoms with Gasteiger partial charge in [0.05, 0.1) is 22.2 Å². The van der Waals surface area contributed by atoms with Crippen molar-refractivity contribution in [3.05, 3.63) is 96.0 Å². The van der Waals surface area contributed by atoms with E-state index < -0.39 is 11.6 Å². The predicted octanol–water partition coefficient (Wildman–Crippen LogP) is 5.59. The predicted molar refractivity (Wildman–Crippen MR) is 154 cm³/mol. The van der Waals surface area contributed by atoms with Crippen molar-refractivity contribution in [2.75, 3.05) is 5.73 Å². The summed E-state index contributed by atoms with van der Waals surface area (Å²) in [4.78, 5) is 24.0. The van der Waals surface area contributed by atoms with Crippen LogP contribution < -0.4 is 15.8 Å². The number of fused-ring (bicyclic) bond motifs is 1. The number of nitrogens with two attached hydrogens (primary N) is 1. The largest absolute Gasteiger partial charge is 0.421 e. The van der Waals surface area contributed by atoms with Crippen LogP contribution in [0.15, 0.2) is 67.5 Å². The smallest absolute Gasteiger partial charge is 0.322 e. The molecule has 3 aromatic heterocycles. The minimum Gasteiger partial charge on any atom is -0.421 e. The van der Waals surface area contributed by atoms with Crippen LogP contribution in [0.2, 0.25) is 0 Å². The molecule has 0 bridgehead atoms. The Morgan fingerprint density at radius 1 is 1.19 bits per heavy atom. The van der Waals surface area contributed by atoms with Crippen LogP contribution in [0.25, 0.3) is 33.3 Å². The second kappa shape index (κ2) is 11.5. The number of pyridine rings is 1. The monoisotopic (exact) mass is 565 g/mol. The van der Waals surface area contributed by atoms with E-state index in [1.165, 1.54) is 30.6 Å². The van der Waals surface area contributed by atoms with Gasteiger partial charge in [-0.1, -0.05) is 25.6 Å². The first-order chi connectivity index (χ1) is 20.2. The lowest BCUT2D eigenvalue weighted by Crippen LogP contribution is -2.20. The SMILES string of the molecule is C=CC(=O)NCc1ccc(-c2c(-c3ccc(Oc4nccc(CC)n4)c(F)c3)c3c(N)ncc(C#N)c3n2C)c(F)c1. The summed E-state index contributed by atoms with van der Waals surface area (Å²) < 4.78 is 38.5. The van der Waals surface area contributed by atoms with Crippen molar-refractivity contribution >= 4 is 22.6 Å². The van der Waals surface area contributed by atoms with Crippen molar-refractivity contribution in [1.29, 1.82) is 5.26 Å². The van der Waals surface area contributed by atoms with E-state index in [0.717, 1.165) is 11.8 Å². The maximum Gasteiger partial charge on any atom is 0.322 e. The second-order valence-electron chi connectivity index (χ2n) is 9.34. The molecule has 3 N–H and O–H groups in total. The highest BCUT2D eigenvalue weighted by atomic mass is 19.1. The number of anilines is 1. The number of ether oxygens (including phenoxy) is 1. The maximum atomic E-state index is 15.7. The Hall–Kier alpha value is -5.63. The van der Waals surface area contributed by atoms with Crippen LogP contribution in [0.1, 0.15) is 23.7 Å². The lowest BCUT2D eigenvalue weighted by Gasteiger charge is -2.13. The summed E-state index contributed by atoms with van der Waals surface area (Å²) in [7, 11) is 1.67. The van der Waals surface area contributed by atoms with Gasteiger partial charge in [0.15, 0.2) is 11.6 Å². The van der Waals surface area contributed by atoms with Crippen molar-refractivity contribution in [2.45, 2.75) is 19.9 Å². The third-order valence-electron chi connectivity index (χ3n) is 6.77. The molecule has 5 rings (SSSR count). The summed E-state index contributed by atoms with van der Waals surface area (Å²) in [6.07, 6.45) is 4.66. The zero-order valence-electron chi connectivity index (χ0n) is 22.8. The van der Waals surface area contributed by atoms with E-state index >= 15 is 8.78 Å². The van der Waals surface area contributed by atoms with Gasteiger partial charge in [-0.3, -0.25) is 4.79 Å². The molecular weight excluding hydrogens is 540 g/mol. The number of halogens is 2. The molecule has 0 spiro atoms. The lowest BCUT2D eigenvalue weighted by atomic mass is 9.97. The Labute approximate surface area is 239 Å². The fourth-order valence-electron chi connectivity index (χ4n) is 4.77. The van der Waals surface area contributed by atoms with Gasteiger partial charge in [-0.25, -0.2) is 18.7 Å². The first kappa shape index (κ1) is 27.9. The van der Waals surface area contributed by atoms with E-state index in [2.05, 4.69) is 32.9 Å². The van der Waals surface area contributed by atoms with Crippen LogP contribution in [0.5, 0.6) is 11.8 Å². The molecule has 0 saturated carbocycles. The summed E-state index contributed by atoms with van der Waals surface area (Å²) in [6, 6.07) is 12.7. The number of carbonyl (C=O) groups excluding carboxylic acids is 1. The van der Waals surface area contributed by atoms with Gasteiger partial charge in [-0.05, 0) is 54.0 Å².